The van der Waals surface area contributed by atoms with Gasteiger partial charge in [-0.05, 0) is 30.2 Å². The fourth-order valence-electron chi connectivity index (χ4n) is 2.40. The average Bonchev–Trinajstić information content (AvgIpc) is 2.96. The first-order valence-corrected chi connectivity index (χ1v) is 9.77. The number of carbonyl (C=O) groups is 1. The molecule has 1 heterocycles. The topological polar surface area (TPSA) is 84.9 Å². The van der Waals surface area contributed by atoms with Crippen LogP contribution in [0.25, 0.3) is 6.08 Å². The standard InChI is InChI=1S/C17H24N2O5S/c1-23-12-13-24-11-9-18-17(20)8-5-15-3-6-16(7-4-15)19-10-2-14-25(19,21)22/h3-8H,2,9-14H2,1H3,(H,18,20)/b8-5+. The van der Waals surface area contributed by atoms with Crippen molar-refractivity contribution in [3.63, 3.8) is 0 Å². The van der Waals surface area contributed by atoms with Crippen LogP contribution in [0.15, 0.2) is 30.3 Å². The summed E-state index contributed by atoms with van der Waals surface area (Å²) >= 11 is 0. The van der Waals surface area contributed by atoms with Crippen molar-refractivity contribution in [2.75, 3.05) is 50.1 Å². The first kappa shape index (κ1) is 19.4. The minimum Gasteiger partial charge on any atom is -0.382 e. The monoisotopic (exact) mass is 368 g/mol. The summed E-state index contributed by atoms with van der Waals surface area (Å²) in [6.07, 6.45) is 3.78. The lowest BCUT2D eigenvalue weighted by molar-refractivity contribution is -0.116. The zero-order chi connectivity index (χ0) is 18.1. The number of benzene rings is 1. The van der Waals surface area contributed by atoms with Gasteiger partial charge in [0.1, 0.15) is 0 Å². The van der Waals surface area contributed by atoms with Crippen molar-refractivity contribution in [1.82, 2.24) is 5.32 Å². The van der Waals surface area contributed by atoms with E-state index in [2.05, 4.69) is 5.32 Å². The quantitative estimate of drug-likeness (QED) is 0.520. The van der Waals surface area contributed by atoms with Gasteiger partial charge in [-0.25, -0.2) is 8.42 Å². The Morgan fingerprint density at radius 2 is 2.00 bits per heavy atom. The normalized spacial score (nSPS) is 16.4. The number of carbonyl (C=O) groups excluding carboxylic acids is 1. The number of sulfonamides is 1. The maximum Gasteiger partial charge on any atom is 0.244 e. The summed E-state index contributed by atoms with van der Waals surface area (Å²) in [5, 5.41) is 2.72. The molecule has 0 unspecified atom stereocenters. The van der Waals surface area contributed by atoms with Crippen LogP contribution in [0.3, 0.4) is 0 Å². The van der Waals surface area contributed by atoms with Crippen LogP contribution in [0.1, 0.15) is 12.0 Å². The van der Waals surface area contributed by atoms with E-state index < -0.39 is 10.0 Å². The van der Waals surface area contributed by atoms with Crippen molar-refractivity contribution in [1.29, 1.82) is 0 Å². The van der Waals surface area contributed by atoms with Crippen molar-refractivity contribution in [2.45, 2.75) is 6.42 Å². The third-order valence-electron chi connectivity index (χ3n) is 3.68. The van der Waals surface area contributed by atoms with Crippen molar-refractivity contribution in [3.05, 3.63) is 35.9 Å². The highest BCUT2D eigenvalue weighted by Gasteiger charge is 2.28. The van der Waals surface area contributed by atoms with Gasteiger partial charge in [-0.2, -0.15) is 0 Å². The SMILES string of the molecule is COCCOCCNC(=O)/C=C/c1ccc(N2CCCS2(=O)=O)cc1. The van der Waals surface area contributed by atoms with Crippen LogP contribution in [0, 0.1) is 0 Å². The number of nitrogens with zero attached hydrogens (tertiary/aromatic N) is 1. The molecule has 1 fully saturated rings. The molecule has 7 nitrogen and oxygen atoms in total. The van der Waals surface area contributed by atoms with Gasteiger partial charge in [-0.1, -0.05) is 12.1 Å². The van der Waals surface area contributed by atoms with Crippen molar-refractivity contribution in [3.8, 4) is 0 Å². The number of hydrogen-bond donors (Lipinski definition) is 1. The molecule has 1 aromatic rings. The fourth-order valence-corrected chi connectivity index (χ4v) is 3.97. The number of amides is 1. The van der Waals surface area contributed by atoms with E-state index in [1.54, 1.807) is 37.5 Å². The third kappa shape index (κ3) is 6.15. The first-order chi connectivity index (χ1) is 12.0. The summed E-state index contributed by atoms with van der Waals surface area (Å²) in [7, 11) is -1.56. The van der Waals surface area contributed by atoms with Crippen molar-refractivity contribution in [2.24, 2.45) is 0 Å². The molecule has 0 aromatic heterocycles. The molecule has 1 aromatic carbocycles. The summed E-state index contributed by atoms with van der Waals surface area (Å²) in [6.45, 7) is 2.41. The summed E-state index contributed by atoms with van der Waals surface area (Å²) in [4.78, 5) is 11.7. The molecular formula is C17H24N2O5S. The predicted molar refractivity (Wildman–Crippen MR) is 96.9 cm³/mol. The van der Waals surface area contributed by atoms with Gasteiger partial charge in [0.15, 0.2) is 0 Å². The number of hydrogen-bond acceptors (Lipinski definition) is 5. The molecule has 0 saturated carbocycles. The Balaban J connectivity index is 1.78. The molecule has 138 valence electrons. The highest BCUT2D eigenvalue weighted by molar-refractivity contribution is 7.93. The third-order valence-corrected chi connectivity index (χ3v) is 5.55. The van der Waals surface area contributed by atoms with Crippen LogP contribution in [0.4, 0.5) is 5.69 Å². The summed E-state index contributed by atoms with van der Waals surface area (Å²) < 4.78 is 35.3. The predicted octanol–water partition coefficient (Wildman–Crippen LogP) is 1.02. The van der Waals surface area contributed by atoms with E-state index in [1.807, 2.05) is 0 Å². The number of methoxy groups -OCH3 is 1. The van der Waals surface area contributed by atoms with Gasteiger partial charge in [0, 0.05) is 26.3 Å². The van der Waals surface area contributed by atoms with Gasteiger partial charge in [0.2, 0.25) is 15.9 Å². The molecule has 1 amide bonds. The van der Waals surface area contributed by atoms with Crippen LogP contribution in [0.5, 0.6) is 0 Å². The molecule has 25 heavy (non-hydrogen) atoms. The Morgan fingerprint density at radius 1 is 1.24 bits per heavy atom. The Hall–Kier alpha value is -1.90. The van der Waals surface area contributed by atoms with E-state index in [-0.39, 0.29) is 11.7 Å². The van der Waals surface area contributed by atoms with Crippen molar-refractivity contribution >= 4 is 27.7 Å². The number of anilines is 1. The summed E-state index contributed by atoms with van der Waals surface area (Å²) in [6, 6.07) is 7.09. The second-order valence-corrected chi connectivity index (χ2v) is 7.58. The van der Waals surface area contributed by atoms with Crippen molar-refractivity contribution < 1.29 is 22.7 Å². The van der Waals surface area contributed by atoms with E-state index in [0.717, 1.165) is 5.56 Å². The second kappa shape index (κ2) is 9.55. The molecule has 1 aliphatic heterocycles. The van der Waals surface area contributed by atoms with Crippen LogP contribution >= 0.6 is 0 Å². The van der Waals surface area contributed by atoms with Gasteiger partial charge in [-0.3, -0.25) is 9.10 Å². The number of nitrogens with one attached hydrogen (secondary N) is 1. The minimum atomic E-state index is -3.17. The summed E-state index contributed by atoms with van der Waals surface area (Å²) in [5.74, 6) is -0.00849. The largest absolute Gasteiger partial charge is 0.382 e. The Bertz CT molecular complexity index is 685. The lowest BCUT2D eigenvalue weighted by Gasteiger charge is -2.16. The van der Waals surface area contributed by atoms with E-state index in [4.69, 9.17) is 9.47 Å². The molecule has 1 saturated heterocycles. The highest BCUT2D eigenvalue weighted by atomic mass is 32.2. The molecule has 1 aliphatic rings. The maximum absolute atomic E-state index is 11.9. The Kier molecular flexibility index (Phi) is 7.42. The zero-order valence-corrected chi connectivity index (χ0v) is 15.1. The second-order valence-electron chi connectivity index (χ2n) is 5.56. The van der Waals surface area contributed by atoms with Gasteiger partial charge in [-0.15, -0.1) is 0 Å². The average molecular weight is 368 g/mol. The van der Waals surface area contributed by atoms with Gasteiger partial charge in [0.25, 0.3) is 0 Å². The maximum atomic E-state index is 11.9. The molecule has 0 atom stereocenters. The number of rotatable bonds is 9. The molecule has 2 rings (SSSR count). The molecule has 0 bridgehead atoms. The van der Waals surface area contributed by atoms with E-state index in [9.17, 15) is 13.2 Å². The first-order valence-electron chi connectivity index (χ1n) is 8.16. The van der Waals surface area contributed by atoms with Crippen LogP contribution in [-0.2, 0) is 24.3 Å². The van der Waals surface area contributed by atoms with Crippen LogP contribution in [0.2, 0.25) is 0 Å². The highest BCUT2D eigenvalue weighted by Crippen LogP contribution is 2.24. The molecule has 0 aliphatic carbocycles. The van der Waals surface area contributed by atoms with Crippen LogP contribution in [-0.4, -0.2) is 60.1 Å². The van der Waals surface area contributed by atoms with Gasteiger partial charge >= 0.3 is 0 Å². The zero-order valence-electron chi connectivity index (χ0n) is 14.3. The number of ether oxygens (including phenoxy) is 2. The minimum absolute atomic E-state index is 0.198. The van der Waals surface area contributed by atoms with Gasteiger partial charge < -0.3 is 14.8 Å². The van der Waals surface area contributed by atoms with Crippen LogP contribution < -0.4 is 9.62 Å². The van der Waals surface area contributed by atoms with E-state index in [1.165, 1.54) is 10.4 Å². The fraction of sp³-hybridized carbons (Fsp3) is 0.471. The molecule has 0 spiro atoms. The Morgan fingerprint density at radius 3 is 2.64 bits per heavy atom. The van der Waals surface area contributed by atoms with E-state index >= 15 is 0 Å². The molecule has 1 N–H and O–H groups in total. The molecule has 0 radical (unpaired) electrons. The smallest absolute Gasteiger partial charge is 0.244 e. The lowest BCUT2D eigenvalue weighted by atomic mass is 10.2. The Labute approximate surface area is 148 Å². The van der Waals surface area contributed by atoms with Gasteiger partial charge in [0.05, 0.1) is 31.3 Å². The molecule has 8 heteroatoms. The van der Waals surface area contributed by atoms with E-state index in [0.29, 0.717) is 45.0 Å². The lowest BCUT2D eigenvalue weighted by Crippen LogP contribution is -2.25. The molecular weight excluding hydrogens is 344 g/mol. The summed E-state index contributed by atoms with van der Waals surface area (Å²) in [5.41, 5.74) is 1.49.